The van der Waals surface area contributed by atoms with Gasteiger partial charge >= 0.3 is 6.18 Å². The summed E-state index contributed by atoms with van der Waals surface area (Å²) in [5.41, 5.74) is 1.78. The molecule has 0 aliphatic heterocycles. The minimum Gasteiger partial charge on any atom is -0.332 e. The minimum absolute atomic E-state index is 0.207. The second-order valence-corrected chi connectivity index (χ2v) is 8.36. The first-order valence-corrected chi connectivity index (χ1v) is 11.2. The van der Waals surface area contributed by atoms with E-state index in [1.54, 1.807) is 0 Å². The van der Waals surface area contributed by atoms with Crippen molar-refractivity contribution >= 4 is 33.3 Å². The van der Waals surface area contributed by atoms with Gasteiger partial charge in [-0.05, 0) is 71.1 Å². The van der Waals surface area contributed by atoms with Gasteiger partial charge in [-0.3, -0.25) is 4.99 Å². The number of halogens is 6. The Morgan fingerprint density at radius 1 is 1.38 bits per heavy atom. The number of unbranched alkanes of at least 4 members (excludes halogenated alkanes) is 2. The van der Waals surface area contributed by atoms with Crippen molar-refractivity contribution in [1.29, 1.82) is 0 Å². The Balaban J connectivity index is 1.88. The molecule has 1 aliphatic rings. The highest BCUT2D eigenvalue weighted by atomic mass is 79.9. The van der Waals surface area contributed by atoms with E-state index in [0.717, 1.165) is 23.9 Å². The van der Waals surface area contributed by atoms with E-state index in [-0.39, 0.29) is 6.54 Å². The lowest BCUT2D eigenvalue weighted by Crippen LogP contribution is -2.24. The van der Waals surface area contributed by atoms with Gasteiger partial charge in [-0.1, -0.05) is 24.8 Å². The molecule has 2 atom stereocenters. The highest BCUT2D eigenvalue weighted by Crippen LogP contribution is 2.33. The Bertz CT molecular complexity index is 1040. The SMILES string of the molecule is C=C(F)CC(C=NCCCC/C=C\C(=C/C)c1nc(C2=CC(F)(N=O)C=C2)[nH]c1Br)C(F)(F)F. The molecule has 0 fully saturated rings. The lowest BCUT2D eigenvalue weighted by Gasteiger charge is -2.14. The number of hydrogen-bond acceptors (Lipinski definition) is 4. The van der Waals surface area contributed by atoms with Crippen LogP contribution in [0, 0.1) is 10.8 Å². The zero-order valence-electron chi connectivity index (χ0n) is 18.4. The van der Waals surface area contributed by atoms with E-state index >= 15 is 0 Å². The van der Waals surface area contributed by atoms with Crippen LogP contribution in [0.15, 0.2) is 63.6 Å². The summed E-state index contributed by atoms with van der Waals surface area (Å²) in [7, 11) is 0. The molecule has 1 aliphatic carbocycles. The van der Waals surface area contributed by atoms with Crippen LogP contribution in [-0.4, -0.2) is 34.7 Å². The molecule has 34 heavy (non-hydrogen) atoms. The van der Waals surface area contributed by atoms with Crippen LogP contribution in [0.5, 0.6) is 0 Å². The molecular weight excluding hydrogens is 523 g/mol. The molecule has 0 spiro atoms. The van der Waals surface area contributed by atoms with Crippen LogP contribution in [-0.2, 0) is 0 Å². The Morgan fingerprint density at radius 2 is 2.12 bits per heavy atom. The molecule has 2 unspecified atom stereocenters. The zero-order valence-corrected chi connectivity index (χ0v) is 20.0. The Labute approximate surface area is 202 Å². The van der Waals surface area contributed by atoms with Crippen molar-refractivity contribution < 1.29 is 22.0 Å². The number of nitroso groups, excluding NO2 is 1. The number of alkyl halides is 4. The molecule has 0 aromatic carbocycles. The molecule has 0 radical (unpaired) electrons. The van der Waals surface area contributed by atoms with Crippen LogP contribution in [0.2, 0.25) is 0 Å². The Morgan fingerprint density at radius 3 is 2.71 bits per heavy atom. The van der Waals surface area contributed by atoms with E-state index < -0.39 is 30.1 Å². The number of nitrogens with zero attached hydrogens (tertiary/aromatic N) is 3. The molecular formula is C23H24BrF5N4O. The highest BCUT2D eigenvalue weighted by molar-refractivity contribution is 9.10. The Kier molecular flexibility index (Phi) is 9.84. The zero-order chi connectivity index (χ0) is 25.4. The fourth-order valence-corrected chi connectivity index (χ4v) is 3.59. The second kappa shape index (κ2) is 12.1. The third kappa shape index (κ3) is 7.96. The summed E-state index contributed by atoms with van der Waals surface area (Å²) in [5, 5.41) is 2.45. The number of aromatic nitrogens is 2. The lowest BCUT2D eigenvalue weighted by molar-refractivity contribution is -0.154. The van der Waals surface area contributed by atoms with Gasteiger partial charge in [-0.2, -0.15) is 13.2 Å². The van der Waals surface area contributed by atoms with Crippen molar-refractivity contribution in [3.05, 3.63) is 69.9 Å². The summed E-state index contributed by atoms with van der Waals surface area (Å²) < 4.78 is 65.7. The third-order valence-electron chi connectivity index (χ3n) is 4.86. The number of aliphatic imine (C=N–C) groups is 1. The van der Waals surface area contributed by atoms with Crippen molar-refractivity contribution in [2.45, 2.75) is 44.6 Å². The topological polar surface area (TPSA) is 70.5 Å². The van der Waals surface area contributed by atoms with Gasteiger partial charge in [0.2, 0.25) is 0 Å². The number of H-pyrrole nitrogens is 1. The molecule has 0 amide bonds. The number of rotatable bonds is 12. The van der Waals surface area contributed by atoms with Crippen LogP contribution in [0.1, 0.15) is 44.1 Å². The average Bonchev–Trinajstić information content (AvgIpc) is 3.34. The average molecular weight is 547 g/mol. The van der Waals surface area contributed by atoms with Gasteiger partial charge in [0.25, 0.3) is 5.79 Å². The maximum Gasteiger partial charge on any atom is 0.397 e. The molecule has 0 bridgehead atoms. The van der Waals surface area contributed by atoms with Gasteiger partial charge in [-0.15, -0.1) is 4.91 Å². The fourth-order valence-electron chi connectivity index (χ4n) is 3.09. The van der Waals surface area contributed by atoms with Crippen LogP contribution in [0.25, 0.3) is 11.1 Å². The molecule has 1 heterocycles. The van der Waals surface area contributed by atoms with Crippen molar-refractivity contribution in [1.82, 2.24) is 9.97 Å². The minimum atomic E-state index is -4.56. The first kappa shape index (κ1) is 27.6. The monoisotopic (exact) mass is 546 g/mol. The highest BCUT2D eigenvalue weighted by Gasteiger charge is 2.38. The smallest absolute Gasteiger partial charge is 0.332 e. The van der Waals surface area contributed by atoms with Crippen LogP contribution in [0.4, 0.5) is 22.0 Å². The first-order valence-electron chi connectivity index (χ1n) is 10.4. The summed E-state index contributed by atoms with van der Waals surface area (Å²) in [4.78, 5) is 21.9. The number of aromatic amines is 1. The van der Waals surface area contributed by atoms with Gasteiger partial charge in [0.15, 0.2) is 0 Å². The van der Waals surface area contributed by atoms with Gasteiger partial charge in [0.1, 0.15) is 16.1 Å². The van der Waals surface area contributed by atoms with Crippen molar-refractivity contribution in [2.75, 3.05) is 6.54 Å². The van der Waals surface area contributed by atoms with E-state index in [1.165, 1.54) is 6.08 Å². The molecule has 1 aromatic heterocycles. The predicted molar refractivity (Wildman–Crippen MR) is 127 cm³/mol. The molecule has 1 N–H and O–H groups in total. The number of nitrogens with one attached hydrogen (secondary N) is 1. The van der Waals surface area contributed by atoms with E-state index in [2.05, 4.69) is 42.6 Å². The van der Waals surface area contributed by atoms with Crippen LogP contribution in [0.3, 0.4) is 0 Å². The summed E-state index contributed by atoms with van der Waals surface area (Å²) in [6.45, 7) is 4.92. The van der Waals surface area contributed by atoms with Gasteiger partial charge in [0.05, 0.1) is 11.7 Å². The molecule has 0 saturated carbocycles. The standard InChI is InChI=1S/C23H24BrF5N4O/c1-3-16(19-20(24)32-21(31-19)17-9-10-22(26,13-17)33-34)8-6-4-5-7-11-30-14-18(12-15(2)25)23(27,28)29/h3,6,8-10,13-14,18H,2,4-5,7,11-12H2,1H3,(H,31,32)/b8-6-,16-3+,30-14?. The van der Waals surface area contributed by atoms with Crippen molar-refractivity contribution in [3.63, 3.8) is 0 Å². The summed E-state index contributed by atoms with van der Waals surface area (Å²) in [6.07, 6.45) is 6.45. The van der Waals surface area contributed by atoms with Gasteiger partial charge in [-0.25, -0.2) is 13.8 Å². The van der Waals surface area contributed by atoms with Gasteiger partial charge < -0.3 is 4.98 Å². The fraction of sp³-hybridized carbons (Fsp3) is 0.391. The van der Waals surface area contributed by atoms with E-state index in [0.29, 0.717) is 41.0 Å². The predicted octanol–water partition coefficient (Wildman–Crippen LogP) is 7.81. The van der Waals surface area contributed by atoms with E-state index in [4.69, 9.17) is 0 Å². The van der Waals surface area contributed by atoms with Gasteiger partial charge in [0, 0.05) is 24.8 Å². The van der Waals surface area contributed by atoms with Crippen LogP contribution < -0.4 is 0 Å². The second-order valence-electron chi connectivity index (χ2n) is 7.57. The van der Waals surface area contributed by atoms with E-state index in [9.17, 15) is 26.9 Å². The molecule has 2 rings (SSSR count). The molecule has 11 heteroatoms. The normalized spacial score (nSPS) is 19.9. The Hall–Kier alpha value is -2.69. The van der Waals surface area contributed by atoms with E-state index in [1.807, 2.05) is 25.2 Å². The summed E-state index contributed by atoms with van der Waals surface area (Å²) >= 11 is 3.39. The molecule has 1 aromatic rings. The summed E-state index contributed by atoms with van der Waals surface area (Å²) in [5.74, 6) is -5.00. The maximum atomic E-state index is 14.0. The van der Waals surface area contributed by atoms with Crippen molar-refractivity contribution in [3.8, 4) is 0 Å². The quantitative estimate of drug-likeness (QED) is 0.0724. The van der Waals surface area contributed by atoms with Crippen molar-refractivity contribution in [2.24, 2.45) is 16.1 Å². The number of imidazole rings is 1. The molecule has 0 saturated heterocycles. The number of allylic oxidation sites excluding steroid dienone is 7. The largest absolute Gasteiger partial charge is 0.397 e. The number of hydrogen-bond donors (Lipinski definition) is 1. The summed E-state index contributed by atoms with van der Waals surface area (Å²) in [6, 6.07) is 0. The van der Waals surface area contributed by atoms with Crippen LogP contribution >= 0.6 is 15.9 Å². The first-order chi connectivity index (χ1) is 16.0. The molecule has 184 valence electrons. The third-order valence-corrected chi connectivity index (χ3v) is 5.44. The lowest BCUT2D eigenvalue weighted by atomic mass is 10.1. The molecule has 5 nitrogen and oxygen atoms in total. The maximum absolute atomic E-state index is 14.0.